The molecule has 1 N–H and O–H groups in total. The maximum absolute atomic E-state index is 12.6. The molecule has 2 fully saturated rings. The minimum absolute atomic E-state index is 0.154. The average Bonchev–Trinajstić information content (AvgIpc) is 3.19. The van der Waals surface area contributed by atoms with Crippen molar-refractivity contribution in [3.8, 4) is 0 Å². The van der Waals surface area contributed by atoms with E-state index in [-0.39, 0.29) is 10.8 Å². The number of carbonyl (C=O) groups is 1. The van der Waals surface area contributed by atoms with E-state index in [9.17, 15) is 13.2 Å². The molecule has 1 amide bonds. The third-order valence-corrected chi connectivity index (χ3v) is 6.04. The van der Waals surface area contributed by atoms with Gasteiger partial charge >= 0.3 is 0 Å². The maximum Gasteiger partial charge on any atom is 0.243 e. The Bertz CT molecular complexity index is 611. The summed E-state index contributed by atoms with van der Waals surface area (Å²) in [4.78, 5) is 12.5. The molecule has 2 aliphatic rings. The van der Waals surface area contributed by atoms with Crippen molar-refractivity contribution >= 4 is 15.9 Å². The molecular weight excluding hydrogens is 288 g/mol. The number of rotatable bonds is 5. The lowest BCUT2D eigenvalue weighted by Crippen LogP contribution is -2.46. The van der Waals surface area contributed by atoms with Crippen LogP contribution in [0.5, 0.6) is 0 Å². The molecule has 114 valence electrons. The number of sulfonamides is 1. The van der Waals surface area contributed by atoms with Crippen molar-refractivity contribution in [3.63, 3.8) is 0 Å². The van der Waals surface area contributed by atoms with Crippen LogP contribution >= 0.6 is 0 Å². The Morgan fingerprint density at radius 3 is 2.57 bits per heavy atom. The Morgan fingerprint density at radius 1 is 1.19 bits per heavy atom. The predicted octanol–water partition coefficient (Wildman–Crippen LogP) is 1.37. The quantitative estimate of drug-likeness (QED) is 0.893. The predicted molar refractivity (Wildman–Crippen MR) is 79.1 cm³/mol. The molecular formula is C15H20N2O3S. The summed E-state index contributed by atoms with van der Waals surface area (Å²) < 4.78 is 26.6. The molecule has 3 rings (SSSR count). The molecule has 1 saturated heterocycles. The van der Waals surface area contributed by atoms with Crippen LogP contribution in [0.15, 0.2) is 35.2 Å². The standard InChI is InChI=1S/C15H20N2O3S/c18-15(16-11-12-8-9-12)14-7-4-10-17(14)21(19,20)13-5-2-1-3-6-13/h1-3,5-6,12,14H,4,7-11H2,(H,16,18). The van der Waals surface area contributed by atoms with Crippen LogP contribution in [-0.2, 0) is 14.8 Å². The van der Waals surface area contributed by atoms with E-state index in [4.69, 9.17) is 0 Å². The second-order valence-electron chi connectivity index (χ2n) is 5.78. The topological polar surface area (TPSA) is 66.5 Å². The van der Waals surface area contributed by atoms with Crippen molar-refractivity contribution in [1.29, 1.82) is 0 Å². The van der Waals surface area contributed by atoms with Crippen molar-refractivity contribution in [2.45, 2.75) is 36.6 Å². The Balaban J connectivity index is 1.75. The first-order valence-corrected chi connectivity index (χ1v) is 8.87. The summed E-state index contributed by atoms with van der Waals surface area (Å²) in [7, 11) is -3.58. The molecule has 0 aromatic heterocycles. The van der Waals surface area contributed by atoms with E-state index < -0.39 is 16.1 Å². The Labute approximate surface area is 125 Å². The normalized spacial score (nSPS) is 23.1. The third-order valence-electron chi connectivity index (χ3n) is 4.12. The van der Waals surface area contributed by atoms with Gasteiger partial charge in [0.05, 0.1) is 4.90 Å². The summed E-state index contributed by atoms with van der Waals surface area (Å²) in [6, 6.07) is 7.77. The van der Waals surface area contributed by atoms with Crippen molar-refractivity contribution in [3.05, 3.63) is 30.3 Å². The highest BCUT2D eigenvalue weighted by Gasteiger charge is 2.39. The number of benzene rings is 1. The zero-order valence-corrected chi connectivity index (χ0v) is 12.7. The van der Waals surface area contributed by atoms with Gasteiger partial charge in [-0.1, -0.05) is 18.2 Å². The van der Waals surface area contributed by atoms with Crippen LogP contribution in [0.3, 0.4) is 0 Å². The second kappa shape index (κ2) is 5.77. The second-order valence-corrected chi connectivity index (χ2v) is 7.67. The molecule has 1 aromatic carbocycles. The highest BCUT2D eigenvalue weighted by molar-refractivity contribution is 7.89. The first kappa shape index (κ1) is 14.5. The minimum Gasteiger partial charge on any atom is -0.354 e. The molecule has 0 radical (unpaired) electrons. The zero-order chi connectivity index (χ0) is 14.9. The first-order chi connectivity index (χ1) is 10.1. The number of nitrogens with one attached hydrogen (secondary N) is 1. The Hall–Kier alpha value is -1.40. The highest BCUT2D eigenvalue weighted by Crippen LogP contribution is 2.29. The summed E-state index contributed by atoms with van der Waals surface area (Å²) in [5.41, 5.74) is 0. The van der Waals surface area contributed by atoms with Gasteiger partial charge in [-0.2, -0.15) is 4.31 Å². The number of hydrogen-bond donors (Lipinski definition) is 1. The monoisotopic (exact) mass is 308 g/mol. The summed E-state index contributed by atoms with van der Waals surface area (Å²) in [5.74, 6) is 0.438. The Kier molecular flexibility index (Phi) is 3.99. The summed E-state index contributed by atoms with van der Waals surface area (Å²) in [5, 5.41) is 2.90. The van der Waals surface area contributed by atoms with Crippen LogP contribution in [0.25, 0.3) is 0 Å². The fraction of sp³-hybridized carbons (Fsp3) is 0.533. The van der Waals surface area contributed by atoms with Gasteiger partial charge in [0.2, 0.25) is 15.9 Å². The maximum atomic E-state index is 12.6. The van der Waals surface area contributed by atoms with Crippen LogP contribution in [0.2, 0.25) is 0 Å². The lowest BCUT2D eigenvalue weighted by atomic mass is 10.2. The van der Waals surface area contributed by atoms with Gasteiger partial charge in [0.25, 0.3) is 0 Å². The number of hydrogen-bond acceptors (Lipinski definition) is 3. The van der Waals surface area contributed by atoms with E-state index in [1.165, 1.54) is 4.31 Å². The molecule has 1 heterocycles. The van der Waals surface area contributed by atoms with Gasteiger partial charge in [-0.15, -0.1) is 0 Å². The number of amides is 1. The lowest BCUT2D eigenvalue weighted by Gasteiger charge is -2.23. The van der Waals surface area contributed by atoms with Gasteiger partial charge in [0.15, 0.2) is 0 Å². The van der Waals surface area contributed by atoms with E-state index in [0.29, 0.717) is 25.4 Å². The summed E-state index contributed by atoms with van der Waals surface area (Å²) in [6.45, 7) is 1.09. The lowest BCUT2D eigenvalue weighted by molar-refractivity contribution is -0.124. The van der Waals surface area contributed by atoms with Gasteiger partial charge in [0.1, 0.15) is 6.04 Å². The van der Waals surface area contributed by atoms with Crippen LogP contribution in [0.4, 0.5) is 0 Å². The van der Waals surface area contributed by atoms with Crippen LogP contribution in [0, 0.1) is 5.92 Å². The Morgan fingerprint density at radius 2 is 1.90 bits per heavy atom. The molecule has 21 heavy (non-hydrogen) atoms. The fourth-order valence-corrected chi connectivity index (χ4v) is 4.38. The van der Waals surface area contributed by atoms with Gasteiger partial charge in [-0.25, -0.2) is 8.42 Å². The molecule has 1 atom stereocenters. The van der Waals surface area contributed by atoms with Crippen molar-refractivity contribution in [2.75, 3.05) is 13.1 Å². The summed E-state index contributed by atoms with van der Waals surface area (Å²) >= 11 is 0. The summed E-state index contributed by atoms with van der Waals surface area (Å²) in [6.07, 6.45) is 3.66. The average molecular weight is 308 g/mol. The molecule has 1 aliphatic carbocycles. The van der Waals surface area contributed by atoms with Crippen molar-refractivity contribution < 1.29 is 13.2 Å². The fourth-order valence-electron chi connectivity index (χ4n) is 2.70. The van der Waals surface area contributed by atoms with Crippen molar-refractivity contribution in [2.24, 2.45) is 5.92 Å². The van der Waals surface area contributed by atoms with E-state index in [0.717, 1.165) is 19.3 Å². The SMILES string of the molecule is O=C(NCC1CC1)C1CCCN1S(=O)(=O)c1ccccc1. The van der Waals surface area contributed by atoms with Crippen molar-refractivity contribution in [1.82, 2.24) is 9.62 Å². The minimum atomic E-state index is -3.58. The third kappa shape index (κ3) is 3.11. The molecule has 1 aromatic rings. The molecule has 0 bridgehead atoms. The van der Waals surface area contributed by atoms with E-state index in [1.807, 2.05) is 0 Å². The van der Waals surface area contributed by atoms with Crippen LogP contribution < -0.4 is 5.32 Å². The first-order valence-electron chi connectivity index (χ1n) is 7.43. The smallest absolute Gasteiger partial charge is 0.243 e. The van der Waals surface area contributed by atoms with E-state index in [2.05, 4.69) is 5.32 Å². The molecule has 1 aliphatic heterocycles. The molecule has 6 heteroatoms. The van der Waals surface area contributed by atoms with Crippen LogP contribution in [0.1, 0.15) is 25.7 Å². The largest absolute Gasteiger partial charge is 0.354 e. The molecule has 5 nitrogen and oxygen atoms in total. The van der Waals surface area contributed by atoms with E-state index in [1.54, 1.807) is 30.3 Å². The highest BCUT2D eigenvalue weighted by atomic mass is 32.2. The van der Waals surface area contributed by atoms with Gasteiger partial charge in [-0.3, -0.25) is 4.79 Å². The number of carbonyl (C=O) groups excluding carboxylic acids is 1. The zero-order valence-electron chi connectivity index (χ0n) is 11.9. The van der Waals surface area contributed by atoms with Gasteiger partial charge in [-0.05, 0) is 43.7 Å². The van der Waals surface area contributed by atoms with Gasteiger partial charge < -0.3 is 5.32 Å². The molecule has 1 unspecified atom stereocenters. The van der Waals surface area contributed by atoms with E-state index >= 15 is 0 Å². The number of nitrogens with zero attached hydrogens (tertiary/aromatic N) is 1. The van der Waals surface area contributed by atoms with Gasteiger partial charge in [0, 0.05) is 13.1 Å². The molecule has 1 saturated carbocycles. The molecule has 0 spiro atoms. The van der Waals surface area contributed by atoms with Crippen LogP contribution in [-0.4, -0.2) is 37.8 Å².